The number of esters is 1. The van der Waals surface area contributed by atoms with E-state index in [2.05, 4.69) is 0 Å². The van der Waals surface area contributed by atoms with Crippen LogP contribution in [-0.2, 0) is 16.0 Å². The second-order valence-electron chi connectivity index (χ2n) is 5.93. The predicted octanol–water partition coefficient (Wildman–Crippen LogP) is 4.05. The summed E-state index contributed by atoms with van der Waals surface area (Å²) in [5.41, 5.74) is 1.37. The molecular formula is C18H20O4. The molecule has 0 atom stereocenters. The molecule has 0 unspecified atom stereocenters. The van der Waals surface area contributed by atoms with Crippen LogP contribution < -0.4 is 0 Å². The maximum atomic E-state index is 12.1. The lowest BCUT2D eigenvalue weighted by Gasteiger charge is -2.21. The highest BCUT2D eigenvalue weighted by atomic mass is 16.5. The van der Waals surface area contributed by atoms with Crippen molar-refractivity contribution in [2.75, 3.05) is 0 Å². The monoisotopic (exact) mass is 300 g/mol. The molecule has 4 heteroatoms. The summed E-state index contributed by atoms with van der Waals surface area (Å²) < 4.78 is 11.1. The molecule has 1 heterocycles. The van der Waals surface area contributed by atoms with Crippen LogP contribution in [0.1, 0.15) is 55.1 Å². The Morgan fingerprint density at radius 3 is 2.73 bits per heavy atom. The summed E-state index contributed by atoms with van der Waals surface area (Å²) in [5, 5.41) is 0.841. The van der Waals surface area contributed by atoms with Gasteiger partial charge in [0.2, 0.25) is 0 Å². The summed E-state index contributed by atoms with van der Waals surface area (Å²) >= 11 is 0. The van der Waals surface area contributed by atoms with Crippen molar-refractivity contribution in [2.24, 2.45) is 0 Å². The number of ketones is 1. The van der Waals surface area contributed by atoms with Crippen LogP contribution in [0.4, 0.5) is 0 Å². The molecule has 0 saturated heterocycles. The number of hydrogen-bond donors (Lipinski definition) is 0. The fourth-order valence-electron chi connectivity index (χ4n) is 3.00. The van der Waals surface area contributed by atoms with E-state index in [1.54, 1.807) is 6.07 Å². The maximum absolute atomic E-state index is 12.1. The summed E-state index contributed by atoms with van der Waals surface area (Å²) in [4.78, 5) is 23.6. The van der Waals surface area contributed by atoms with Gasteiger partial charge < -0.3 is 9.15 Å². The molecule has 1 aliphatic carbocycles. The van der Waals surface area contributed by atoms with Gasteiger partial charge in [-0.15, -0.1) is 0 Å². The van der Waals surface area contributed by atoms with Gasteiger partial charge in [0, 0.05) is 17.9 Å². The molecule has 0 aliphatic heterocycles. The van der Waals surface area contributed by atoms with Crippen LogP contribution in [0, 0.1) is 0 Å². The van der Waals surface area contributed by atoms with E-state index >= 15 is 0 Å². The van der Waals surface area contributed by atoms with E-state index in [0.29, 0.717) is 11.3 Å². The molecular weight excluding hydrogens is 280 g/mol. The lowest BCUT2D eigenvalue weighted by molar-refractivity contribution is -0.149. The number of fused-ring (bicyclic) bond motifs is 1. The molecule has 1 aliphatic rings. The van der Waals surface area contributed by atoms with E-state index < -0.39 is 0 Å². The number of Topliss-reactive ketones (excluding diaryl/α,β-unsaturated/α-hetero) is 1. The number of para-hydroxylation sites is 1. The Kier molecular flexibility index (Phi) is 4.27. The molecule has 0 N–H and O–H groups in total. The largest absolute Gasteiger partial charge is 0.462 e. The summed E-state index contributed by atoms with van der Waals surface area (Å²) in [6, 6.07) is 7.30. The van der Waals surface area contributed by atoms with E-state index in [0.717, 1.165) is 36.6 Å². The standard InChI is InChI=1S/C18H20O4/c1-12(19)16-10-13-6-5-7-14(18(13)22-16)11-17(20)21-15-8-3-2-4-9-15/h5-7,10,15H,2-4,8-9,11H2,1H3. The fraction of sp³-hybridized carbons (Fsp3) is 0.444. The highest BCUT2D eigenvalue weighted by Crippen LogP contribution is 2.25. The Labute approximate surface area is 129 Å². The minimum Gasteiger partial charge on any atom is -0.462 e. The average Bonchev–Trinajstić information content (AvgIpc) is 2.93. The van der Waals surface area contributed by atoms with Gasteiger partial charge in [-0.25, -0.2) is 0 Å². The van der Waals surface area contributed by atoms with E-state index in [4.69, 9.17) is 9.15 Å². The number of ether oxygens (including phenoxy) is 1. The van der Waals surface area contributed by atoms with Gasteiger partial charge in [0.05, 0.1) is 6.42 Å². The Bertz CT molecular complexity index is 692. The molecule has 1 fully saturated rings. The molecule has 1 aromatic carbocycles. The van der Waals surface area contributed by atoms with Crippen LogP contribution in [0.5, 0.6) is 0 Å². The number of hydrogen-bond acceptors (Lipinski definition) is 4. The summed E-state index contributed by atoms with van der Waals surface area (Å²) in [7, 11) is 0. The Morgan fingerprint density at radius 2 is 2.00 bits per heavy atom. The van der Waals surface area contributed by atoms with Gasteiger partial charge in [0.15, 0.2) is 11.5 Å². The van der Waals surface area contributed by atoms with E-state index in [-0.39, 0.29) is 24.3 Å². The molecule has 22 heavy (non-hydrogen) atoms. The van der Waals surface area contributed by atoms with Crippen LogP contribution in [0.2, 0.25) is 0 Å². The third-order valence-corrected chi connectivity index (χ3v) is 4.16. The van der Waals surface area contributed by atoms with Gasteiger partial charge in [-0.2, -0.15) is 0 Å². The molecule has 3 rings (SSSR count). The summed E-state index contributed by atoms with van der Waals surface area (Å²) in [6.07, 6.45) is 5.66. The van der Waals surface area contributed by atoms with Crippen LogP contribution in [-0.4, -0.2) is 17.9 Å². The van der Waals surface area contributed by atoms with Crippen molar-refractivity contribution >= 4 is 22.7 Å². The molecule has 116 valence electrons. The normalized spacial score (nSPS) is 15.9. The summed E-state index contributed by atoms with van der Waals surface area (Å²) in [6.45, 7) is 1.47. The van der Waals surface area contributed by atoms with Crippen molar-refractivity contribution in [2.45, 2.75) is 51.6 Å². The second-order valence-corrected chi connectivity index (χ2v) is 5.93. The van der Waals surface area contributed by atoms with Gasteiger partial charge in [-0.3, -0.25) is 9.59 Å². The Morgan fingerprint density at radius 1 is 1.23 bits per heavy atom. The van der Waals surface area contributed by atoms with Gasteiger partial charge >= 0.3 is 5.97 Å². The minimum atomic E-state index is -0.222. The number of benzene rings is 1. The molecule has 1 saturated carbocycles. The molecule has 1 aromatic heterocycles. The number of furan rings is 1. The molecule has 2 aromatic rings. The van der Waals surface area contributed by atoms with E-state index in [1.807, 2.05) is 18.2 Å². The predicted molar refractivity (Wildman–Crippen MR) is 82.9 cm³/mol. The number of rotatable bonds is 4. The van der Waals surface area contributed by atoms with Crippen LogP contribution in [0.25, 0.3) is 11.0 Å². The van der Waals surface area contributed by atoms with Gasteiger partial charge in [0.25, 0.3) is 0 Å². The van der Waals surface area contributed by atoms with Gasteiger partial charge in [-0.1, -0.05) is 24.6 Å². The molecule has 0 bridgehead atoms. The Balaban J connectivity index is 1.75. The zero-order chi connectivity index (χ0) is 15.5. The summed E-state index contributed by atoms with van der Waals surface area (Å²) in [5.74, 6) is -0.0183. The van der Waals surface area contributed by atoms with Crippen LogP contribution in [0.15, 0.2) is 28.7 Å². The van der Waals surface area contributed by atoms with Crippen molar-refractivity contribution in [3.8, 4) is 0 Å². The quantitative estimate of drug-likeness (QED) is 0.631. The van der Waals surface area contributed by atoms with Crippen molar-refractivity contribution in [3.63, 3.8) is 0 Å². The Hall–Kier alpha value is -2.10. The van der Waals surface area contributed by atoms with Crippen LogP contribution >= 0.6 is 0 Å². The first-order valence-corrected chi connectivity index (χ1v) is 7.85. The maximum Gasteiger partial charge on any atom is 0.310 e. The molecule has 0 radical (unpaired) electrons. The fourth-order valence-corrected chi connectivity index (χ4v) is 3.00. The SMILES string of the molecule is CC(=O)c1cc2cccc(CC(=O)OC3CCCCC3)c2o1. The second kappa shape index (κ2) is 6.34. The third-order valence-electron chi connectivity index (χ3n) is 4.16. The average molecular weight is 300 g/mol. The van der Waals surface area contributed by atoms with Crippen molar-refractivity contribution in [1.82, 2.24) is 0 Å². The van der Waals surface area contributed by atoms with E-state index in [9.17, 15) is 9.59 Å². The zero-order valence-electron chi connectivity index (χ0n) is 12.8. The van der Waals surface area contributed by atoms with Crippen molar-refractivity contribution < 1.29 is 18.7 Å². The number of carbonyl (C=O) groups excluding carboxylic acids is 2. The first kappa shape index (κ1) is 14.8. The lowest BCUT2D eigenvalue weighted by atomic mass is 9.98. The molecule has 0 spiro atoms. The van der Waals surface area contributed by atoms with E-state index in [1.165, 1.54) is 13.3 Å². The minimum absolute atomic E-state index is 0.0600. The van der Waals surface area contributed by atoms with Gasteiger partial charge in [0.1, 0.15) is 11.7 Å². The van der Waals surface area contributed by atoms with Gasteiger partial charge in [-0.05, 0) is 31.7 Å². The zero-order valence-corrected chi connectivity index (χ0v) is 12.8. The van der Waals surface area contributed by atoms with Crippen molar-refractivity contribution in [3.05, 3.63) is 35.6 Å². The topological polar surface area (TPSA) is 56.5 Å². The highest BCUT2D eigenvalue weighted by Gasteiger charge is 2.19. The van der Waals surface area contributed by atoms with Crippen molar-refractivity contribution in [1.29, 1.82) is 0 Å². The third kappa shape index (κ3) is 3.21. The first-order chi connectivity index (χ1) is 10.6. The smallest absolute Gasteiger partial charge is 0.310 e. The first-order valence-electron chi connectivity index (χ1n) is 7.85. The lowest BCUT2D eigenvalue weighted by Crippen LogP contribution is -2.21. The van der Waals surface area contributed by atoms with Crippen LogP contribution in [0.3, 0.4) is 0 Å². The highest BCUT2D eigenvalue weighted by molar-refractivity contribution is 5.97. The molecule has 0 amide bonds. The molecule has 4 nitrogen and oxygen atoms in total. The number of carbonyl (C=O) groups is 2.